The van der Waals surface area contributed by atoms with Crippen molar-refractivity contribution in [2.75, 3.05) is 17.3 Å². The quantitative estimate of drug-likeness (QED) is 0.171. The van der Waals surface area contributed by atoms with Crippen LogP contribution in [0.5, 0.6) is 5.75 Å². The van der Waals surface area contributed by atoms with E-state index in [1.165, 1.54) is 31.4 Å². The minimum absolute atomic E-state index is 0.155. The number of ether oxygens (including phenoxy) is 1. The van der Waals surface area contributed by atoms with Crippen LogP contribution in [0.1, 0.15) is 38.8 Å². The number of benzene rings is 4. The Bertz CT molecular complexity index is 1920. The number of ketones is 2. The summed E-state index contributed by atoms with van der Waals surface area (Å²) in [5, 5.41) is 14.4. The first-order valence-electron chi connectivity index (χ1n) is 14.2. The number of non-ortho nitro benzene ring substituents is 1. The van der Waals surface area contributed by atoms with Crippen molar-refractivity contribution in [3.05, 3.63) is 136 Å². The molecule has 44 heavy (non-hydrogen) atoms. The molecule has 3 heterocycles. The Labute approximate surface area is 252 Å². The highest BCUT2D eigenvalue weighted by Crippen LogP contribution is 2.58. The van der Waals surface area contributed by atoms with Gasteiger partial charge in [-0.2, -0.15) is 0 Å². The lowest BCUT2D eigenvalue weighted by Gasteiger charge is -2.39. The summed E-state index contributed by atoms with van der Waals surface area (Å²) in [7, 11) is 1.51. The van der Waals surface area contributed by atoms with Gasteiger partial charge in [-0.25, -0.2) is 0 Å². The zero-order chi connectivity index (χ0) is 30.7. The van der Waals surface area contributed by atoms with E-state index in [0.29, 0.717) is 22.6 Å². The minimum Gasteiger partial charge on any atom is -0.497 e. The summed E-state index contributed by atoms with van der Waals surface area (Å²) in [5.41, 5.74) is 2.67. The number of hydrogen-bond acceptors (Lipinski definition) is 7. The van der Waals surface area contributed by atoms with Crippen molar-refractivity contribution in [2.24, 2.45) is 5.92 Å². The number of nitrogens with zero attached hydrogens (tertiary/aromatic N) is 2. The van der Waals surface area contributed by atoms with Crippen molar-refractivity contribution < 1.29 is 24.0 Å². The first-order chi connectivity index (χ1) is 21.3. The number of carbonyl (C=O) groups excluding carboxylic acids is 3. The van der Waals surface area contributed by atoms with Crippen LogP contribution in [0.4, 0.5) is 17.1 Å². The van der Waals surface area contributed by atoms with Crippen LogP contribution >= 0.6 is 0 Å². The van der Waals surface area contributed by atoms with Crippen molar-refractivity contribution in [3.8, 4) is 5.75 Å². The molecule has 4 atom stereocenters. The van der Waals surface area contributed by atoms with Crippen LogP contribution in [-0.2, 0) is 10.2 Å². The molecule has 9 heteroatoms. The van der Waals surface area contributed by atoms with Gasteiger partial charge in [-0.3, -0.25) is 24.5 Å². The van der Waals surface area contributed by atoms with Crippen LogP contribution in [0.2, 0.25) is 0 Å². The molecule has 3 aliphatic rings. The Hall–Kier alpha value is -5.57. The Kier molecular flexibility index (Phi) is 6.21. The number of nitro benzene ring substituents is 1. The largest absolute Gasteiger partial charge is 0.497 e. The standard InChI is InChI=1S/C35H27N3O6/c1-20-18-29-35(26-11-4-5-12-27(26)36-34(35)41)30(32(39)22-8-7-9-24(19-22)44-2)31(37(29)28-13-6-3-10-25(20)28)33(40)21-14-16-23(17-15-21)38(42)43/h3-19,29-31H,1-2H3,(H,36,41)/t29-,30+,31-,35-/m1/s1. The van der Waals surface area contributed by atoms with Crippen LogP contribution in [0.25, 0.3) is 5.57 Å². The van der Waals surface area contributed by atoms with Gasteiger partial charge < -0.3 is 15.0 Å². The molecule has 1 fully saturated rings. The average Bonchev–Trinajstić information content (AvgIpc) is 3.52. The van der Waals surface area contributed by atoms with E-state index in [4.69, 9.17) is 4.74 Å². The lowest BCUT2D eigenvalue weighted by molar-refractivity contribution is -0.384. The maximum Gasteiger partial charge on any atom is 0.269 e. The summed E-state index contributed by atoms with van der Waals surface area (Å²) in [6.45, 7) is 1.97. The summed E-state index contributed by atoms with van der Waals surface area (Å²) >= 11 is 0. The second-order valence-corrected chi connectivity index (χ2v) is 11.3. The molecule has 0 radical (unpaired) electrons. The smallest absolute Gasteiger partial charge is 0.269 e. The average molecular weight is 586 g/mol. The molecule has 4 aromatic carbocycles. The normalized spacial score (nSPS) is 22.9. The molecule has 9 nitrogen and oxygen atoms in total. The molecule has 1 amide bonds. The van der Waals surface area contributed by atoms with Crippen molar-refractivity contribution in [1.29, 1.82) is 0 Å². The zero-order valence-corrected chi connectivity index (χ0v) is 23.9. The van der Waals surface area contributed by atoms with Crippen molar-refractivity contribution >= 4 is 40.1 Å². The van der Waals surface area contributed by atoms with Crippen molar-refractivity contribution in [1.82, 2.24) is 0 Å². The Morgan fingerprint density at radius 2 is 1.64 bits per heavy atom. The lowest BCUT2D eigenvalue weighted by Crippen LogP contribution is -2.51. The van der Waals surface area contributed by atoms with Crippen LogP contribution in [0, 0.1) is 16.0 Å². The Morgan fingerprint density at radius 1 is 0.909 bits per heavy atom. The number of nitro groups is 1. The van der Waals surface area contributed by atoms with E-state index in [-0.39, 0.29) is 22.9 Å². The minimum atomic E-state index is -1.47. The number of carbonyl (C=O) groups is 3. The predicted octanol–water partition coefficient (Wildman–Crippen LogP) is 5.85. The Morgan fingerprint density at radius 3 is 2.39 bits per heavy atom. The molecule has 4 aromatic rings. The number of methoxy groups -OCH3 is 1. The highest BCUT2D eigenvalue weighted by atomic mass is 16.6. The molecule has 1 saturated heterocycles. The van der Waals surface area contributed by atoms with Crippen molar-refractivity contribution in [2.45, 2.75) is 24.4 Å². The number of fused-ring (bicyclic) bond motifs is 6. The molecule has 1 N–H and O–H groups in total. The first-order valence-corrected chi connectivity index (χ1v) is 14.2. The third-order valence-electron chi connectivity index (χ3n) is 9.15. The zero-order valence-electron chi connectivity index (χ0n) is 23.9. The topological polar surface area (TPSA) is 119 Å². The fourth-order valence-electron chi connectivity index (χ4n) is 7.26. The van der Waals surface area contributed by atoms with Gasteiger partial charge in [0.15, 0.2) is 11.6 Å². The van der Waals surface area contributed by atoms with Crippen LogP contribution in [-0.4, -0.2) is 41.6 Å². The van der Waals surface area contributed by atoms with Gasteiger partial charge in [-0.05, 0) is 54.5 Å². The number of Topliss-reactive ketones (excluding diaryl/α,β-unsaturated/α-hetero) is 2. The second-order valence-electron chi connectivity index (χ2n) is 11.3. The Balaban J connectivity index is 1.53. The summed E-state index contributed by atoms with van der Waals surface area (Å²) < 4.78 is 5.42. The summed E-state index contributed by atoms with van der Waals surface area (Å²) in [5.74, 6) is -1.85. The van der Waals surface area contributed by atoms with E-state index < -0.39 is 34.1 Å². The lowest BCUT2D eigenvalue weighted by atomic mass is 9.64. The molecule has 0 bridgehead atoms. The first kappa shape index (κ1) is 27.3. The molecule has 218 valence electrons. The number of allylic oxidation sites excluding steroid dienone is 1. The number of anilines is 2. The van der Waals surface area contributed by atoms with Gasteiger partial charge in [-0.1, -0.05) is 54.6 Å². The van der Waals surface area contributed by atoms with E-state index in [0.717, 1.165) is 16.8 Å². The van der Waals surface area contributed by atoms with Gasteiger partial charge in [0.05, 0.1) is 24.0 Å². The molecule has 3 aliphatic heterocycles. The summed E-state index contributed by atoms with van der Waals surface area (Å²) in [4.78, 5) is 56.9. The van der Waals surface area contributed by atoms with E-state index in [9.17, 15) is 24.5 Å². The molecular weight excluding hydrogens is 558 g/mol. The maximum atomic E-state index is 14.9. The van der Waals surface area contributed by atoms with Crippen LogP contribution < -0.4 is 15.0 Å². The summed E-state index contributed by atoms with van der Waals surface area (Å²) in [6, 6.07) is 25.2. The number of amides is 1. The number of para-hydroxylation sites is 2. The van der Waals surface area contributed by atoms with Gasteiger partial charge in [0.25, 0.3) is 5.69 Å². The monoisotopic (exact) mass is 585 g/mol. The number of rotatable bonds is 6. The third-order valence-corrected chi connectivity index (χ3v) is 9.15. The van der Waals surface area contributed by atoms with Crippen LogP contribution in [0.3, 0.4) is 0 Å². The molecule has 0 saturated carbocycles. The highest BCUT2D eigenvalue weighted by Gasteiger charge is 2.70. The number of nitrogens with one attached hydrogen (secondary N) is 1. The van der Waals surface area contributed by atoms with Gasteiger partial charge in [-0.15, -0.1) is 0 Å². The van der Waals surface area contributed by atoms with E-state index >= 15 is 0 Å². The molecular formula is C35H27N3O6. The van der Waals surface area contributed by atoms with Gasteiger partial charge in [0.2, 0.25) is 5.91 Å². The fraction of sp³-hybridized carbons (Fsp3) is 0.171. The van der Waals surface area contributed by atoms with E-state index in [2.05, 4.69) is 5.32 Å². The summed E-state index contributed by atoms with van der Waals surface area (Å²) in [6.07, 6.45) is 1.99. The van der Waals surface area contributed by atoms with Gasteiger partial charge in [0.1, 0.15) is 17.2 Å². The molecule has 0 unspecified atom stereocenters. The fourth-order valence-corrected chi connectivity index (χ4v) is 7.26. The third kappa shape index (κ3) is 3.75. The van der Waals surface area contributed by atoms with Gasteiger partial charge >= 0.3 is 0 Å². The molecule has 0 aromatic heterocycles. The SMILES string of the molecule is COc1cccc(C(=O)[C@@H]2[C@H](C(=O)c3ccc([N+](=O)[O-])cc3)N3c4ccccc4C(C)=C[C@@H]3[C@@]23C(=O)Nc2ccccc23)c1. The van der Waals surface area contributed by atoms with E-state index in [1.54, 1.807) is 30.3 Å². The van der Waals surface area contributed by atoms with Gasteiger partial charge in [0, 0.05) is 40.2 Å². The van der Waals surface area contributed by atoms with Crippen LogP contribution in [0.15, 0.2) is 103 Å². The van der Waals surface area contributed by atoms with Crippen molar-refractivity contribution in [3.63, 3.8) is 0 Å². The highest BCUT2D eigenvalue weighted by molar-refractivity contribution is 6.18. The molecule has 1 spiro atoms. The predicted molar refractivity (Wildman–Crippen MR) is 165 cm³/mol. The maximum absolute atomic E-state index is 14.9. The molecule has 0 aliphatic carbocycles. The van der Waals surface area contributed by atoms with E-state index in [1.807, 2.05) is 60.4 Å². The number of hydrogen-bond donors (Lipinski definition) is 1. The second kappa shape index (κ2) is 10.0. The molecule has 7 rings (SSSR count).